The third-order valence-electron chi connectivity index (χ3n) is 2.03. The predicted molar refractivity (Wildman–Crippen MR) is 65.0 cm³/mol. The van der Waals surface area contributed by atoms with Crippen molar-refractivity contribution in [2.24, 2.45) is 0 Å². The van der Waals surface area contributed by atoms with Crippen LogP contribution in [0.15, 0.2) is 22.7 Å². The van der Waals surface area contributed by atoms with Crippen LogP contribution in [0.4, 0.5) is 0 Å². The number of halogens is 1. The number of aliphatic hydroxyl groups is 1. The molecule has 4 nitrogen and oxygen atoms in total. The standard InChI is InChI=1S/C11H14BrNO3/c1-3-16-11(13)10(14)8-6-7(12)4-5-9(8)15-2/h4-6,10,13-14H,3H2,1-2H3. The molecule has 1 atom stereocenters. The maximum Gasteiger partial charge on any atom is 0.215 e. The van der Waals surface area contributed by atoms with Gasteiger partial charge in [-0.3, -0.25) is 5.41 Å². The van der Waals surface area contributed by atoms with E-state index in [1.807, 2.05) is 0 Å². The summed E-state index contributed by atoms with van der Waals surface area (Å²) in [6.45, 7) is 2.12. The smallest absolute Gasteiger partial charge is 0.215 e. The summed E-state index contributed by atoms with van der Waals surface area (Å²) in [6.07, 6.45) is -1.10. The number of benzene rings is 1. The second-order valence-electron chi connectivity index (χ2n) is 3.09. The Morgan fingerprint density at radius 1 is 1.56 bits per heavy atom. The molecule has 1 aromatic carbocycles. The van der Waals surface area contributed by atoms with Gasteiger partial charge < -0.3 is 14.6 Å². The van der Waals surface area contributed by atoms with Crippen LogP contribution in [0.3, 0.4) is 0 Å². The van der Waals surface area contributed by atoms with Crippen molar-refractivity contribution in [3.05, 3.63) is 28.2 Å². The molecule has 5 heteroatoms. The van der Waals surface area contributed by atoms with Crippen LogP contribution in [0.5, 0.6) is 5.75 Å². The van der Waals surface area contributed by atoms with E-state index in [-0.39, 0.29) is 5.90 Å². The minimum Gasteiger partial charge on any atom is -0.496 e. The number of hydrogen-bond donors (Lipinski definition) is 2. The highest BCUT2D eigenvalue weighted by Gasteiger charge is 2.19. The lowest BCUT2D eigenvalue weighted by Crippen LogP contribution is -2.15. The van der Waals surface area contributed by atoms with E-state index in [2.05, 4.69) is 15.9 Å². The minimum atomic E-state index is -1.10. The van der Waals surface area contributed by atoms with Crippen molar-refractivity contribution in [3.63, 3.8) is 0 Å². The van der Waals surface area contributed by atoms with E-state index in [0.29, 0.717) is 17.9 Å². The zero-order valence-corrected chi connectivity index (χ0v) is 10.7. The Kier molecular flexibility index (Phi) is 4.76. The first kappa shape index (κ1) is 13.0. The third kappa shape index (κ3) is 2.96. The second-order valence-corrected chi connectivity index (χ2v) is 4.00. The highest BCUT2D eigenvalue weighted by atomic mass is 79.9. The van der Waals surface area contributed by atoms with E-state index >= 15 is 0 Å². The molecule has 0 aliphatic heterocycles. The van der Waals surface area contributed by atoms with Gasteiger partial charge in [0, 0.05) is 10.0 Å². The molecular formula is C11H14BrNO3. The molecule has 16 heavy (non-hydrogen) atoms. The van der Waals surface area contributed by atoms with Gasteiger partial charge in [0.25, 0.3) is 0 Å². The highest BCUT2D eigenvalue weighted by Crippen LogP contribution is 2.29. The van der Waals surface area contributed by atoms with E-state index in [4.69, 9.17) is 14.9 Å². The van der Waals surface area contributed by atoms with Crippen molar-refractivity contribution in [2.45, 2.75) is 13.0 Å². The summed E-state index contributed by atoms with van der Waals surface area (Å²) in [5, 5.41) is 17.4. The number of rotatable bonds is 4. The average molecular weight is 288 g/mol. The molecule has 0 bridgehead atoms. The van der Waals surface area contributed by atoms with Crippen LogP contribution in [0.2, 0.25) is 0 Å². The monoisotopic (exact) mass is 287 g/mol. The topological polar surface area (TPSA) is 62.5 Å². The number of ether oxygens (including phenoxy) is 2. The molecule has 88 valence electrons. The van der Waals surface area contributed by atoms with Crippen LogP contribution in [0.1, 0.15) is 18.6 Å². The van der Waals surface area contributed by atoms with Gasteiger partial charge in [-0.1, -0.05) is 15.9 Å². The molecule has 0 radical (unpaired) electrons. The summed E-state index contributed by atoms with van der Waals surface area (Å²) >= 11 is 3.30. The van der Waals surface area contributed by atoms with Gasteiger partial charge in [0.15, 0.2) is 6.10 Å². The fraction of sp³-hybridized carbons (Fsp3) is 0.364. The molecule has 0 saturated heterocycles. The van der Waals surface area contributed by atoms with Crippen molar-refractivity contribution in [1.82, 2.24) is 0 Å². The first-order chi connectivity index (χ1) is 7.60. The first-order valence-electron chi connectivity index (χ1n) is 4.82. The zero-order valence-electron chi connectivity index (χ0n) is 9.16. The van der Waals surface area contributed by atoms with Gasteiger partial charge in [0.05, 0.1) is 13.7 Å². The molecule has 0 aliphatic carbocycles. The van der Waals surface area contributed by atoms with Gasteiger partial charge in [0.1, 0.15) is 5.75 Å². The molecule has 1 aromatic rings. The number of nitrogens with one attached hydrogen (secondary N) is 1. The maximum atomic E-state index is 9.91. The largest absolute Gasteiger partial charge is 0.496 e. The normalized spacial score (nSPS) is 12.0. The first-order valence-corrected chi connectivity index (χ1v) is 5.62. The van der Waals surface area contributed by atoms with Crippen molar-refractivity contribution >= 4 is 21.8 Å². The predicted octanol–water partition coefficient (Wildman–Crippen LogP) is 2.50. The van der Waals surface area contributed by atoms with E-state index in [9.17, 15) is 5.11 Å². The fourth-order valence-electron chi connectivity index (χ4n) is 1.29. The van der Waals surface area contributed by atoms with Crippen molar-refractivity contribution in [1.29, 1.82) is 5.41 Å². The number of aliphatic hydroxyl groups excluding tert-OH is 1. The van der Waals surface area contributed by atoms with Crippen LogP contribution in [-0.4, -0.2) is 24.7 Å². The van der Waals surface area contributed by atoms with Crippen molar-refractivity contribution in [2.75, 3.05) is 13.7 Å². The Bertz CT molecular complexity index is 381. The number of hydrogen-bond acceptors (Lipinski definition) is 4. The molecule has 0 saturated carbocycles. The Labute approximate surface area is 103 Å². The van der Waals surface area contributed by atoms with Crippen LogP contribution in [0, 0.1) is 5.41 Å². The molecule has 0 fully saturated rings. The van der Waals surface area contributed by atoms with E-state index in [1.54, 1.807) is 25.1 Å². The van der Waals surface area contributed by atoms with Gasteiger partial charge >= 0.3 is 0 Å². The number of methoxy groups -OCH3 is 1. The average Bonchev–Trinajstić information content (AvgIpc) is 2.28. The summed E-state index contributed by atoms with van der Waals surface area (Å²) < 4.78 is 10.9. The van der Waals surface area contributed by atoms with E-state index in [0.717, 1.165) is 4.47 Å². The summed E-state index contributed by atoms with van der Waals surface area (Å²) in [5.41, 5.74) is 0.510. The second kappa shape index (κ2) is 5.86. The highest BCUT2D eigenvalue weighted by molar-refractivity contribution is 9.10. The molecule has 1 rings (SSSR count). The summed E-state index contributed by atoms with van der Waals surface area (Å²) in [4.78, 5) is 0. The van der Waals surface area contributed by atoms with Crippen LogP contribution in [-0.2, 0) is 4.74 Å². The molecule has 0 aliphatic rings. The van der Waals surface area contributed by atoms with Crippen molar-refractivity contribution in [3.8, 4) is 5.75 Å². The molecule has 0 aromatic heterocycles. The Morgan fingerprint density at radius 2 is 2.25 bits per heavy atom. The molecule has 0 amide bonds. The maximum absolute atomic E-state index is 9.91. The molecular weight excluding hydrogens is 274 g/mol. The molecule has 2 N–H and O–H groups in total. The quantitative estimate of drug-likeness (QED) is 0.661. The summed E-state index contributed by atoms with van der Waals surface area (Å²) in [7, 11) is 1.52. The lowest BCUT2D eigenvalue weighted by atomic mass is 10.1. The fourth-order valence-corrected chi connectivity index (χ4v) is 1.67. The van der Waals surface area contributed by atoms with Gasteiger partial charge in [-0.25, -0.2) is 0 Å². The summed E-state index contributed by atoms with van der Waals surface area (Å²) in [5.74, 6) is 0.346. The van der Waals surface area contributed by atoms with E-state index < -0.39 is 6.10 Å². The van der Waals surface area contributed by atoms with Crippen LogP contribution >= 0.6 is 15.9 Å². The van der Waals surface area contributed by atoms with Gasteiger partial charge in [-0.15, -0.1) is 0 Å². The Hall–Kier alpha value is -1.07. The zero-order chi connectivity index (χ0) is 12.1. The lowest BCUT2D eigenvalue weighted by molar-refractivity contribution is 0.187. The van der Waals surface area contributed by atoms with Crippen LogP contribution in [0.25, 0.3) is 0 Å². The van der Waals surface area contributed by atoms with E-state index in [1.165, 1.54) is 7.11 Å². The Morgan fingerprint density at radius 3 is 2.81 bits per heavy atom. The lowest BCUT2D eigenvalue weighted by Gasteiger charge is -2.15. The van der Waals surface area contributed by atoms with Crippen LogP contribution < -0.4 is 4.74 Å². The minimum absolute atomic E-state index is 0.182. The van der Waals surface area contributed by atoms with Gasteiger partial charge in [-0.2, -0.15) is 0 Å². The SMILES string of the molecule is CCOC(=N)C(O)c1cc(Br)ccc1OC. The summed E-state index contributed by atoms with van der Waals surface area (Å²) in [6, 6.07) is 5.23. The molecule has 0 spiro atoms. The van der Waals surface area contributed by atoms with Crippen molar-refractivity contribution < 1.29 is 14.6 Å². The third-order valence-corrected chi connectivity index (χ3v) is 2.53. The van der Waals surface area contributed by atoms with Gasteiger partial charge in [0.2, 0.25) is 5.90 Å². The molecule has 0 heterocycles. The van der Waals surface area contributed by atoms with Gasteiger partial charge in [-0.05, 0) is 25.1 Å². The Balaban J connectivity index is 3.01. The molecule has 1 unspecified atom stereocenters.